The number of amides is 1. The smallest absolute Gasteiger partial charge is 0.664 e. The topological polar surface area (TPSA) is 138 Å². The number of allylic oxidation sites excluding steroid dienone is 5. The first-order valence-corrected chi connectivity index (χ1v) is 25.8. The molecule has 11 heteroatoms. The van der Waals surface area contributed by atoms with Crippen LogP contribution in [0.15, 0.2) is 42.5 Å². The molecular formula is C58H83MgN5O5+2. The summed E-state index contributed by atoms with van der Waals surface area (Å²) in [6.07, 6.45) is 17.2. The van der Waals surface area contributed by atoms with Gasteiger partial charge < -0.3 is 24.8 Å². The quantitative estimate of drug-likeness (QED) is 0.0628. The van der Waals surface area contributed by atoms with Crippen LogP contribution in [-0.2, 0) is 36.7 Å². The first-order chi connectivity index (χ1) is 32.5. The Kier molecular flexibility index (Phi) is 22.5. The monoisotopic (exact) mass is 954 g/mol. The molecule has 0 saturated carbocycles. The zero-order valence-electron chi connectivity index (χ0n) is 44.4. The molecule has 5 heterocycles. The molecule has 4 atom stereocenters. The molecule has 3 aliphatic heterocycles. The number of ether oxygens (including phenoxy) is 2. The Balaban J connectivity index is 0.0000104. The Hall–Kier alpha value is -4.48. The third kappa shape index (κ3) is 15.0. The summed E-state index contributed by atoms with van der Waals surface area (Å²) in [5.41, 5.74) is 13.3. The van der Waals surface area contributed by atoms with Crippen molar-refractivity contribution >= 4 is 74.2 Å². The van der Waals surface area contributed by atoms with Crippen molar-refractivity contribution in [1.29, 1.82) is 0 Å². The van der Waals surface area contributed by atoms with E-state index in [4.69, 9.17) is 19.4 Å². The number of methoxy groups -OCH3 is 1. The summed E-state index contributed by atoms with van der Waals surface area (Å²) < 4.78 is 11.1. The maximum absolute atomic E-state index is 14.2. The fourth-order valence-corrected chi connectivity index (χ4v) is 10.1. The molecular weight excluding hydrogens is 871 g/mol. The van der Waals surface area contributed by atoms with Gasteiger partial charge in [-0.2, -0.15) is 0 Å². The average Bonchev–Trinajstić information content (AvgIpc) is 3.98. The third-order valence-corrected chi connectivity index (χ3v) is 14.5. The number of carbonyl (C=O) groups is 3. The van der Waals surface area contributed by atoms with E-state index in [-0.39, 0.29) is 66.2 Å². The standard InChI is InChI=1S/C58H82N5O5.Mg/c1-14-29-59-58(66)55-42(12)50-34-52-44(16-3)40(10)48(61-52)33-51-43(15-2)39(9)47(60-51)32-49-41(11)45(56(62-49)46(57(55)63-50)31-54(65)67-13)26-27-53(64)68-30-28-38(8)25-19-24-37(7)23-18-22-36(6)21-17-20-35(4)5;/h15,28,32-37,41,45H,2,14,16-27,29-31H2,1,3-13H3,(H2-,59,60,61,62,63,66);/q-1;+2/p+1. The largest absolute Gasteiger partial charge is 2.00 e. The van der Waals surface area contributed by atoms with Crippen LogP contribution >= 0.6 is 0 Å². The molecule has 0 fully saturated rings. The maximum atomic E-state index is 14.2. The number of rotatable bonds is 24. The summed E-state index contributed by atoms with van der Waals surface area (Å²) in [6, 6.07) is 6.16. The van der Waals surface area contributed by atoms with Gasteiger partial charge in [0.1, 0.15) is 12.2 Å². The van der Waals surface area contributed by atoms with Crippen LogP contribution in [0.4, 0.5) is 0 Å². The molecule has 370 valence electrons. The fourth-order valence-electron chi connectivity index (χ4n) is 10.1. The fraction of sp³-hybridized carbons (Fsp3) is 0.569. The van der Waals surface area contributed by atoms with Crippen molar-refractivity contribution in [2.75, 3.05) is 20.3 Å². The van der Waals surface area contributed by atoms with Gasteiger partial charge in [-0.15, -0.1) is 22.4 Å². The molecule has 4 unspecified atom stereocenters. The summed E-state index contributed by atoms with van der Waals surface area (Å²) in [6.45, 7) is 28.8. The number of aromatic nitrogens is 4. The molecule has 0 aliphatic carbocycles. The molecule has 0 saturated heterocycles. The molecule has 0 aromatic carbocycles. The molecule has 69 heavy (non-hydrogen) atoms. The van der Waals surface area contributed by atoms with Crippen LogP contribution in [0.1, 0.15) is 209 Å². The first-order valence-electron chi connectivity index (χ1n) is 25.8. The number of hydrogen-bond donors (Lipinski definition) is 1. The second kappa shape index (κ2) is 27.2. The van der Waals surface area contributed by atoms with Gasteiger partial charge in [0.2, 0.25) is 22.8 Å². The number of carbonyl (C=O) groups excluding carboxylic acids is 3. The van der Waals surface area contributed by atoms with Gasteiger partial charge in [0, 0.05) is 29.7 Å². The van der Waals surface area contributed by atoms with E-state index in [1.807, 2.05) is 32.1 Å². The average molecular weight is 955 g/mol. The number of esters is 2. The van der Waals surface area contributed by atoms with Crippen LogP contribution in [0.25, 0.3) is 33.3 Å². The summed E-state index contributed by atoms with van der Waals surface area (Å²) in [5, 5.41) is 3.09. The number of nitrogens with one attached hydrogen (secondary N) is 3. The summed E-state index contributed by atoms with van der Waals surface area (Å²) in [4.78, 5) is 59.0. The number of nitrogens with zero attached hydrogens (tertiary/aromatic N) is 2. The van der Waals surface area contributed by atoms with E-state index in [9.17, 15) is 14.4 Å². The normalized spacial score (nSPS) is 16.3. The molecule has 10 nitrogen and oxygen atoms in total. The predicted molar refractivity (Wildman–Crippen MR) is 282 cm³/mol. The predicted octanol–water partition coefficient (Wildman–Crippen LogP) is 11.5. The minimum atomic E-state index is -0.463. The maximum Gasteiger partial charge on any atom is 2.00 e. The van der Waals surface area contributed by atoms with E-state index >= 15 is 0 Å². The zero-order valence-corrected chi connectivity index (χ0v) is 45.9. The van der Waals surface area contributed by atoms with Crippen molar-refractivity contribution in [2.45, 2.75) is 178 Å². The van der Waals surface area contributed by atoms with Gasteiger partial charge in [0.15, 0.2) is 0 Å². The zero-order chi connectivity index (χ0) is 49.7. The molecule has 2 aromatic heterocycles. The van der Waals surface area contributed by atoms with Gasteiger partial charge in [-0.05, 0) is 114 Å². The Bertz CT molecular complexity index is 2450. The number of H-pyrrole nitrogens is 2. The van der Waals surface area contributed by atoms with Crippen molar-refractivity contribution in [3.63, 3.8) is 0 Å². The van der Waals surface area contributed by atoms with Crippen LogP contribution in [-0.4, -0.2) is 61.2 Å². The second-order valence-electron chi connectivity index (χ2n) is 20.3. The van der Waals surface area contributed by atoms with Crippen molar-refractivity contribution in [3.05, 3.63) is 93.4 Å². The number of fused-ring (bicyclic) bond motifs is 8. The number of aryl methyl sites for hydroxylation is 2. The SMILES string of the molecule is C=CC1=C(C)c2cc3[n-]c(c(CC(=O)OC)c4[nH+]c(cc5[n-]c(cc1[nH+]2)c(C)c5CC)C(C)=C4C(=O)NCCC)C(CCC(=O)OCC=C(C)CCCC(C)CCCC(C)CCCC(C)C)C3C.[Mg+2]. The van der Waals surface area contributed by atoms with Gasteiger partial charge >= 0.3 is 35.0 Å². The molecule has 2 aromatic rings. The number of aromatic amines is 2. The Labute approximate surface area is 430 Å². The van der Waals surface area contributed by atoms with Gasteiger partial charge in [-0.25, -0.2) is 9.97 Å². The second-order valence-corrected chi connectivity index (χ2v) is 20.3. The minimum Gasteiger partial charge on any atom is -0.664 e. The molecule has 8 bridgehead atoms. The van der Waals surface area contributed by atoms with Gasteiger partial charge in [0.05, 0.1) is 19.1 Å². The molecule has 3 N–H and O–H groups in total. The van der Waals surface area contributed by atoms with Gasteiger partial charge in [-0.3, -0.25) is 14.4 Å². The van der Waals surface area contributed by atoms with Crippen LogP contribution in [0.3, 0.4) is 0 Å². The summed E-state index contributed by atoms with van der Waals surface area (Å²) in [5.74, 6) is 0.891. The van der Waals surface area contributed by atoms with Crippen molar-refractivity contribution < 1.29 is 33.8 Å². The molecule has 0 spiro atoms. The van der Waals surface area contributed by atoms with Crippen molar-refractivity contribution in [1.82, 2.24) is 15.3 Å². The Morgan fingerprint density at radius 2 is 1.48 bits per heavy atom. The molecule has 3 aliphatic rings. The minimum absolute atomic E-state index is 0. The van der Waals surface area contributed by atoms with Crippen LogP contribution < -0.4 is 25.3 Å². The van der Waals surface area contributed by atoms with Crippen LogP contribution in [0.5, 0.6) is 0 Å². The third-order valence-electron chi connectivity index (χ3n) is 14.5. The van der Waals surface area contributed by atoms with Crippen LogP contribution in [0, 0.1) is 24.7 Å². The molecule has 5 rings (SSSR count). The molecule has 1 amide bonds. The summed E-state index contributed by atoms with van der Waals surface area (Å²) >= 11 is 0. The van der Waals surface area contributed by atoms with Crippen molar-refractivity contribution in [3.8, 4) is 0 Å². The van der Waals surface area contributed by atoms with E-state index in [0.29, 0.717) is 47.1 Å². The molecule has 0 radical (unpaired) electrons. The van der Waals surface area contributed by atoms with E-state index in [1.165, 1.54) is 57.6 Å². The van der Waals surface area contributed by atoms with E-state index in [1.54, 1.807) is 0 Å². The van der Waals surface area contributed by atoms with E-state index in [2.05, 4.69) is 96.3 Å². The van der Waals surface area contributed by atoms with Gasteiger partial charge in [0.25, 0.3) is 5.91 Å². The van der Waals surface area contributed by atoms with E-state index < -0.39 is 5.97 Å². The van der Waals surface area contributed by atoms with E-state index in [0.717, 1.165) is 93.5 Å². The van der Waals surface area contributed by atoms with Gasteiger partial charge in [-0.1, -0.05) is 123 Å². The van der Waals surface area contributed by atoms with Crippen molar-refractivity contribution in [2.24, 2.45) is 17.8 Å². The van der Waals surface area contributed by atoms with Crippen LogP contribution in [0.2, 0.25) is 0 Å². The Morgan fingerprint density at radius 3 is 2.12 bits per heavy atom. The first kappa shape index (κ1) is 57.1. The summed E-state index contributed by atoms with van der Waals surface area (Å²) in [7, 11) is 1.37. The Morgan fingerprint density at radius 1 is 0.826 bits per heavy atom. The number of hydrogen-bond acceptors (Lipinski definition) is 5.